The first-order valence-electron chi connectivity index (χ1n) is 38.6. The summed E-state index contributed by atoms with van der Waals surface area (Å²) in [6, 6.07) is 4.85. The molecule has 9 fully saturated rings. The van der Waals surface area contributed by atoms with Gasteiger partial charge in [0.1, 0.15) is 71.1 Å². The van der Waals surface area contributed by atoms with E-state index in [1.54, 1.807) is 36.8 Å². The van der Waals surface area contributed by atoms with E-state index < -0.39 is 180 Å². The lowest BCUT2D eigenvalue weighted by Crippen LogP contribution is -2.35. The fourth-order valence-electron chi connectivity index (χ4n) is 15.7. The van der Waals surface area contributed by atoms with Gasteiger partial charge in [-0.25, -0.2) is 47.1 Å². The van der Waals surface area contributed by atoms with Crippen LogP contribution in [-0.2, 0) is 132 Å². The smallest absolute Gasteiger partial charge is 0.386 e. The molecule has 9 saturated heterocycles. The van der Waals surface area contributed by atoms with Gasteiger partial charge in [0.15, 0.2) is 50.4 Å². The van der Waals surface area contributed by atoms with Crippen molar-refractivity contribution in [2.24, 2.45) is 0 Å². The number of nitrogen functional groups attached to an aromatic ring is 6. The monoisotopic (exact) mass is 2120 g/mol. The lowest BCUT2D eigenvalue weighted by atomic mass is 10.1. The molecule has 0 spiro atoms. The second kappa shape index (κ2) is 36.7. The number of fused-ring (bicyclic) bond motifs is 15. The molecule has 23 N–H and O–H groups in total. The van der Waals surface area contributed by atoms with Crippen LogP contribution in [0.4, 0.5) is 34.9 Å². The number of aromatic nitrogens is 24. The molecule has 12 aromatic heterocycles. The second-order valence-corrected chi connectivity index (χ2v) is 51.1. The number of nitrogens with one attached hydrogen (secondary N) is 3. The average Bonchev–Trinajstić information content (AvgIpc) is 1.61. The third-order valence-corrected chi connectivity index (χ3v) is 35.7. The molecule has 0 saturated carbocycles. The highest BCUT2D eigenvalue weighted by atomic mass is 32.7. The molecule has 708 valence electrons. The van der Waals surface area contributed by atoms with Gasteiger partial charge in [0.25, 0.3) is 16.7 Å². The standard InChI is InChI=1S/3C20H24N10O9P2S3/c3*21-7-1-2-24-29-8(4-23-16(7)29)9-3-10-11(37-9)5-35-41(34,43)39-15-14(31)12(6-36-40(33,42)38-10)44-19(15)30-17-13(27-28-30)18(32)26-20(22)25-17/h3*1-2,4,9-12,14-15,19,31H,3,5-6,21H2,(H,33,42)(H,34,43)(H3,22,25,26,32)/t3*9-,10+,11-,12-,14-,15-,19-,40?,41?/m111/s1. The van der Waals surface area contributed by atoms with Gasteiger partial charge in [-0.15, -0.1) is 50.6 Å². The maximum absolute atomic E-state index is 13.5. The molecule has 0 aromatic carbocycles. The molecule has 132 heavy (non-hydrogen) atoms. The number of thioether (sulfide) groups is 3. The molecule has 0 aliphatic carbocycles. The van der Waals surface area contributed by atoms with Gasteiger partial charge in [-0.2, -0.15) is 30.2 Å². The van der Waals surface area contributed by atoms with Crippen molar-refractivity contribution in [1.29, 1.82) is 0 Å². The maximum atomic E-state index is 13.5. The van der Waals surface area contributed by atoms with Crippen molar-refractivity contribution in [2.75, 3.05) is 74.0 Å². The normalized spacial score (nSPS) is 36.6. The van der Waals surface area contributed by atoms with Crippen molar-refractivity contribution in [2.45, 2.75) is 143 Å². The fourth-order valence-corrected chi connectivity index (χ4v) is 29.4. The first-order chi connectivity index (χ1) is 62.7. The molecule has 6 bridgehead atoms. The summed E-state index contributed by atoms with van der Waals surface area (Å²) >= 11 is 34.0. The van der Waals surface area contributed by atoms with Crippen molar-refractivity contribution in [3.8, 4) is 0 Å². The van der Waals surface area contributed by atoms with Crippen molar-refractivity contribution in [3.05, 3.63) is 104 Å². The summed E-state index contributed by atoms with van der Waals surface area (Å²) in [4.78, 5) is 125. The van der Waals surface area contributed by atoms with Crippen LogP contribution in [0.2, 0.25) is 0 Å². The zero-order chi connectivity index (χ0) is 92.9. The van der Waals surface area contributed by atoms with Crippen LogP contribution in [-0.4, -0.2) is 287 Å². The number of imidazole rings is 3. The number of ether oxygens (including phenoxy) is 3. The fraction of sp³-hybridized carbons (Fsp3) is 0.500. The highest BCUT2D eigenvalue weighted by molar-refractivity contribution is 8.44. The van der Waals surface area contributed by atoms with Crippen LogP contribution in [0.3, 0.4) is 0 Å². The molecule has 0 radical (unpaired) electrons. The van der Waals surface area contributed by atoms with Gasteiger partial charge in [-0.1, -0.05) is 27.9 Å². The molecule has 21 rings (SSSR count). The van der Waals surface area contributed by atoms with E-state index >= 15 is 0 Å². The summed E-state index contributed by atoms with van der Waals surface area (Å²) in [6.45, 7) is -26.0. The van der Waals surface area contributed by atoms with Crippen molar-refractivity contribution < 1.29 is 113 Å². The van der Waals surface area contributed by atoms with E-state index in [1.165, 1.54) is 46.2 Å². The molecule has 27 atom stereocenters. The van der Waals surface area contributed by atoms with Crippen molar-refractivity contribution >= 4 is 232 Å². The number of aliphatic hydroxyl groups is 3. The molecule has 72 heteroatoms. The molecular weight excluding hydrogens is 2050 g/mol. The Morgan fingerprint density at radius 3 is 0.992 bits per heavy atom. The van der Waals surface area contributed by atoms with Gasteiger partial charge >= 0.3 is 40.4 Å². The van der Waals surface area contributed by atoms with Crippen LogP contribution < -0.4 is 51.1 Å². The van der Waals surface area contributed by atoms with Gasteiger partial charge in [0, 0.05) is 19.3 Å². The Hall–Kier alpha value is -6.54. The summed E-state index contributed by atoms with van der Waals surface area (Å²) in [6.07, 6.45) is -5.23. The Balaban J connectivity index is 0.000000128. The van der Waals surface area contributed by atoms with Crippen LogP contribution in [0, 0.1) is 0 Å². The van der Waals surface area contributed by atoms with Crippen LogP contribution in [0.15, 0.2) is 69.8 Å². The lowest BCUT2D eigenvalue weighted by molar-refractivity contribution is -0.0242. The van der Waals surface area contributed by atoms with Gasteiger partial charge in [0.2, 0.25) is 17.8 Å². The first kappa shape index (κ1) is 94.4. The van der Waals surface area contributed by atoms with Gasteiger partial charge in [-0.05, 0) is 77.2 Å². The molecule has 12 aromatic rings. The third kappa shape index (κ3) is 19.1. The SMILES string of the molecule is Nc1nc2c(nnn2[C@@H]2S[C@@H]3COP(O)(=S)O[C@H]4C[C@H](c5cnc6c(N)ccnn56)O[C@@H]4COP(=O)(S)O[C@@H]2[C@@H]3O)c(=O)[nH]1.Nc1nc2c(nnn2[C@@H]2S[C@@H]3COP(O)(=S)O[C@H]4C[C@H](c5cnc6c(N)ccnn56)O[C@@H]4COP(O)(=S)O[C@@H]2[C@@H]3O)c(=O)[nH]1.Nc1nc2c(nnn2[C@@H]2S[C@@H]3COP(O)(=S)O[C@H]4C[C@H](c5cnc6c(N)ccnn56)O[C@@H]4COP(O)(=S)O[C@@H]2[C@@H]3O)c(=O)[nH]1. The Kier molecular flexibility index (Phi) is 26.2. The van der Waals surface area contributed by atoms with E-state index in [9.17, 15) is 58.7 Å². The first-order valence-corrected chi connectivity index (χ1v) is 57.1. The van der Waals surface area contributed by atoms with E-state index in [1.807, 2.05) is 0 Å². The number of thiol groups is 1. The van der Waals surface area contributed by atoms with Crippen LogP contribution in [0.1, 0.15) is 70.8 Å². The number of aliphatic hydroxyl groups excluding tert-OH is 3. The minimum Gasteiger partial charge on any atom is -0.396 e. The molecule has 21 heterocycles. The van der Waals surface area contributed by atoms with Crippen molar-refractivity contribution in [3.63, 3.8) is 0 Å². The summed E-state index contributed by atoms with van der Waals surface area (Å²) in [7, 11) is 0. The Morgan fingerprint density at radius 1 is 0.402 bits per heavy atom. The maximum Gasteiger partial charge on any atom is 0.386 e. The second-order valence-electron chi connectivity index (χ2n) is 30.2. The largest absolute Gasteiger partial charge is 0.396 e. The number of nitrogens with zero attached hydrogens (tertiary/aromatic N) is 21. The van der Waals surface area contributed by atoms with Crippen LogP contribution in [0.25, 0.3) is 50.4 Å². The summed E-state index contributed by atoms with van der Waals surface area (Å²) in [5, 5.41) is 65.0. The Morgan fingerprint density at radius 2 is 0.682 bits per heavy atom. The highest BCUT2D eigenvalue weighted by Crippen LogP contribution is 2.63. The molecule has 9 aliphatic rings. The highest BCUT2D eigenvalue weighted by Gasteiger charge is 2.56. The van der Waals surface area contributed by atoms with Crippen LogP contribution >= 0.6 is 87.9 Å². The van der Waals surface area contributed by atoms with Gasteiger partial charge < -0.3 is 125 Å². The topological polar surface area (TPSA) is 793 Å². The number of hydrogen-bond donors (Lipinski definition) is 18. The predicted molar refractivity (Wildman–Crippen MR) is 483 cm³/mol. The molecule has 9 aliphatic heterocycles. The minimum atomic E-state index is -4.22. The number of H-pyrrole nitrogens is 3. The summed E-state index contributed by atoms with van der Waals surface area (Å²) in [5.74, 6) is -0.561. The van der Waals surface area contributed by atoms with E-state index in [-0.39, 0.29) is 110 Å². The van der Waals surface area contributed by atoms with E-state index in [0.717, 1.165) is 35.3 Å². The van der Waals surface area contributed by atoms with E-state index in [0.29, 0.717) is 51.1 Å². The number of hydrogen-bond acceptors (Lipinski definition) is 51. The summed E-state index contributed by atoms with van der Waals surface area (Å²) in [5.41, 5.74) is 37.2. The van der Waals surface area contributed by atoms with E-state index in [2.05, 4.69) is 103 Å². The molecule has 6 unspecified atom stereocenters. The number of aromatic amines is 3. The minimum absolute atomic E-state index is 0.00496. The van der Waals surface area contributed by atoms with E-state index in [4.69, 9.17) is 162 Å². The lowest BCUT2D eigenvalue weighted by Gasteiger charge is -2.27. The Labute approximate surface area is 778 Å². The quantitative estimate of drug-likeness (QED) is 0.0720. The number of rotatable bonds is 6. The molecule has 0 amide bonds. The molecule has 57 nitrogen and oxygen atoms in total. The van der Waals surface area contributed by atoms with Crippen LogP contribution in [0.5, 0.6) is 0 Å². The zero-order valence-corrected chi connectivity index (χ0v) is 79.1. The summed E-state index contributed by atoms with van der Waals surface area (Å²) < 4.78 is 110. The van der Waals surface area contributed by atoms with Crippen molar-refractivity contribution in [1.82, 2.24) is 119 Å². The predicted octanol–water partition coefficient (Wildman–Crippen LogP) is -0.746. The third-order valence-electron chi connectivity index (χ3n) is 21.7. The Bertz CT molecular complexity index is 6370. The number of nitrogens with two attached hydrogens (primary N) is 6. The number of anilines is 6. The van der Waals surface area contributed by atoms with Gasteiger partial charge in [-0.3, -0.25) is 47.4 Å². The van der Waals surface area contributed by atoms with Gasteiger partial charge in [0.05, 0.1) is 163 Å². The average molecular weight is 2120 g/mol. The zero-order valence-electron chi connectivity index (χ0n) is 66.3. The molecular formula is C60H72N30O27P6S9.